The van der Waals surface area contributed by atoms with Crippen molar-refractivity contribution in [3.63, 3.8) is 0 Å². The smallest absolute Gasteiger partial charge is 0.411 e. The van der Waals surface area contributed by atoms with Crippen LogP contribution in [0.4, 0.5) is 9.18 Å². The van der Waals surface area contributed by atoms with Gasteiger partial charge in [-0.2, -0.15) is 10.4 Å². The molecule has 3 fully saturated rings. The summed E-state index contributed by atoms with van der Waals surface area (Å²) in [5, 5.41) is 16.9. The summed E-state index contributed by atoms with van der Waals surface area (Å²) in [4.78, 5) is 27.7. The molecule has 1 aromatic heterocycles. The van der Waals surface area contributed by atoms with E-state index in [1.807, 2.05) is 10.9 Å². The zero-order valence-corrected chi connectivity index (χ0v) is 22.7. The molecule has 10 heteroatoms. The molecule has 208 valence electrons. The molecule has 2 aromatic rings. The Bertz CT molecular complexity index is 1260. The number of amides is 2. The van der Waals surface area contributed by atoms with Crippen LogP contribution in [0.3, 0.4) is 0 Å². The summed E-state index contributed by atoms with van der Waals surface area (Å²) >= 11 is 0. The minimum Gasteiger partial charge on any atom is -0.444 e. The van der Waals surface area contributed by atoms with Crippen molar-refractivity contribution in [1.29, 1.82) is 5.26 Å². The van der Waals surface area contributed by atoms with E-state index in [-0.39, 0.29) is 18.4 Å². The number of nitrogens with zero attached hydrogens (tertiary/aromatic N) is 4. The van der Waals surface area contributed by atoms with Crippen LogP contribution in [0.25, 0.3) is 11.1 Å². The topological polar surface area (TPSA) is 109 Å². The highest BCUT2D eigenvalue weighted by atomic mass is 19.1. The zero-order chi connectivity index (χ0) is 27.7. The van der Waals surface area contributed by atoms with Crippen molar-refractivity contribution in [2.75, 3.05) is 13.2 Å². The van der Waals surface area contributed by atoms with E-state index in [2.05, 4.69) is 16.5 Å². The molecular weight excluding hydrogens is 501 g/mol. The normalized spacial score (nSPS) is 24.9. The largest absolute Gasteiger partial charge is 0.444 e. The van der Waals surface area contributed by atoms with Gasteiger partial charge in [0.15, 0.2) is 0 Å². The van der Waals surface area contributed by atoms with Gasteiger partial charge < -0.3 is 14.8 Å². The van der Waals surface area contributed by atoms with Gasteiger partial charge in [-0.1, -0.05) is 12.1 Å². The molecule has 1 aliphatic carbocycles. The van der Waals surface area contributed by atoms with E-state index >= 15 is 4.39 Å². The number of nitriles is 1. The molecule has 2 bridgehead atoms. The van der Waals surface area contributed by atoms with Crippen molar-refractivity contribution in [2.24, 2.45) is 11.8 Å². The Morgan fingerprint density at radius 3 is 2.79 bits per heavy atom. The molecule has 9 nitrogen and oxygen atoms in total. The van der Waals surface area contributed by atoms with Crippen molar-refractivity contribution in [3.8, 4) is 17.2 Å². The van der Waals surface area contributed by atoms with Crippen LogP contribution in [0.15, 0.2) is 30.6 Å². The number of hydrogen-bond donors (Lipinski definition) is 1. The van der Waals surface area contributed by atoms with Gasteiger partial charge in [0.05, 0.1) is 18.9 Å². The van der Waals surface area contributed by atoms with E-state index in [0.29, 0.717) is 17.0 Å². The number of piperidine rings is 1. The average Bonchev–Trinajstić information content (AvgIpc) is 3.68. The third kappa shape index (κ3) is 6.09. The predicted octanol–water partition coefficient (Wildman–Crippen LogP) is 4.06. The summed E-state index contributed by atoms with van der Waals surface area (Å²) in [7, 11) is 0. The van der Waals surface area contributed by atoms with Gasteiger partial charge in [-0.05, 0) is 69.6 Å². The quantitative estimate of drug-likeness (QED) is 0.570. The molecule has 0 spiro atoms. The second-order valence-corrected chi connectivity index (χ2v) is 11.9. The van der Waals surface area contributed by atoms with Gasteiger partial charge in [0.1, 0.15) is 23.5 Å². The molecule has 3 heterocycles. The molecule has 0 unspecified atom stereocenters. The van der Waals surface area contributed by atoms with Crippen molar-refractivity contribution in [2.45, 2.75) is 83.1 Å². The predicted molar refractivity (Wildman–Crippen MR) is 141 cm³/mol. The van der Waals surface area contributed by atoms with Crippen molar-refractivity contribution in [1.82, 2.24) is 20.0 Å². The number of halogens is 1. The monoisotopic (exact) mass is 537 g/mol. The van der Waals surface area contributed by atoms with Crippen LogP contribution in [0.5, 0.6) is 0 Å². The first-order chi connectivity index (χ1) is 18.6. The highest BCUT2D eigenvalue weighted by molar-refractivity contribution is 5.87. The maximum absolute atomic E-state index is 15.1. The lowest BCUT2D eigenvalue weighted by atomic mass is 9.97. The number of aromatic nitrogens is 2. The van der Waals surface area contributed by atoms with Crippen LogP contribution in [0.1, 0.15) is 52.0 Å². The Morgan fingerprint density at radius 2 is 2.10 bits per heavy atom. The molecule has 1 N–H and O–H groups in total. The first kappa shape index (κ1) is 27.1. The van der Waals surface area contributed by atoms with Gasteiger partial charge in [0.2, 0.25) is 5.91 Å². The van der Waals surface area contributed by atoms with Gasteiger partial charge in [-0.25, -0.2) is 9.18 Å². The first-order valence-corrected chi connectivity index (χ1v) is 13.7. The summed E-state index contributed by atoms with van der Waals surface area (Å²) in [5.74, 6) is -0.378. The molecule has 2 aliphatic heterocycles. The number of carbonyl (C=O) groups is 2. The van der Waals surface area contributed by atoms with Crippen LogP contribution < -0.4 is 5.32 Å². The van der Waals surface area contributed by atoms with Gasteiger partial charge in [0, 0.05) is 43.3 Å². The maximum atomic E-state index is 15.1. The Labute approximate surface area is 228 Å². The second-order valence-electron chi connectivity index (χ2n) is 11.9. The Hall–Kier alpha value is -3.45. The Kier molecular flexibility index (Phi) is 7.63. The SMILES string of the molecule is CC(C)(C)OC(=O)N1[C@@H]2CC[C@@H](C2)[C@H]1C(=O)N[C@H](C#N)Cc1ccc(-c2cnn(C[C@H]3CCOC3)c2)cc1F. The van der Waals surface area contributed by atoms with E-state index in [9.17, 15) is 14.9 Å². The number of nitrogens with one attached hydrogen (secondary N) is 1. The lowest BCUT2D eigenvalue weighted by molar-refractivity contribution is -0.128. The number of hydrogen-bond acceptors (Lipinski definition) is 6. The second kappa shape index (κ2) is 11.0. The van der Waals surface area contributed by atoms with E-state index in [1.54, 1.807) is 44.0 Å². The number of benzene rings is 1. The average molecular weight is 538 g/mol. The highest BCUT2D eigenvalue weighted by Gasteiger charge is 2.52. The van der Waals surface area contributed by atoms with Crippen molar-refractivity contribution < 1.29 is 23.5 Å². The zero-order valence-electron chi connectivity index (χ0n) is 22.7. The minimum absolute atomic E-state index is 0.0164. The van der Waals surface area contributed by atoms with Crippen molar-refractivity contribution in [3.05, 3.63) is 42.0 Å². The minimum atomic E-state index is -0.936. The van der Waals surface area contributed by atoms with Crippen LogP contribution >= 0.6 is 0 Å². The number of rotatable bonds is 7. The third-order valence-corrected chi connectivity index (χ3v) is 7.84. The molecule has 5 atom stereocenters. The van der Waals surface area contributed by atoms with Gasteiger partial charge in [-0.3, -0.25) is 14.4 Å². The summed E-state index contributed by atoms with van der Waals surface area (Å²) in [5.41, 5.74) is 1.15. The molecule has 3 aliphatic rings. The number of carbonyl (C=O) groups excluding carboxylic acids is 2. The Morgan fingerprint density at radius 1 is 1.28 bits per heavy atom. The summed E-state index contributed by atoms with van der Waals surface area (Å²) in [6.07, 6.45) is 6.56. The first-order valence-electron chi connectivity index (χ1n) is 13.7. The van der Waals surface area contributed by atoms with E-state index in [4.69, 9.17) is 9.47 Å². The molecule has 1 saturated carbocycles. The molecule has 2 amide bonds. The van der Waals surface area contributed by atoms with Crippen LogP contribution in [0, 0.1) is 29.0 Å². The number of fused-ring (bicyclic) bond motifs is 2. The van der Waals surface area contributed by atoms with Crippen LogP contribution in [-0.2, 0) is 27.2 Å². The van der Waals surface area contributed by atoms with Gasteiger partial charge >= 0.3 is 6.09 Å². The molecule has 0 radical (unpaired) electrons. The van der Waals surface area contributed by atoms with Gasteiger partial charge in [-0.15, -0.1) is 0 Å². The summed E-state index contributed by atoms with van der Waals surface area (Å²) in [6, 6.07) is 5.31. The maximum Gasteiger partial charge on any atom is 0.411 e. The lowest BCUT2D eigenvalue weighted by Crippen LogP contribution is -2.55. The third-order valence-electron chi connectivity index (χ3n) is 7.84. The Balaban J connectivity index is 1.23. The fourth-order valence-corrected chi connectivity index (χ4v) is 6.01. The van der Waals surface area contributed by atoms with Crippen molar-refractivity contribution >= 4 is 12.0 Å². The number of likely N-dealkylation sites (tertiary alicyclic amines) is 1. The van der Waals surface area contributed by atoms with Gasteiger partial charge in [0.25, 0.3) is 0 Å². The van der Waals surface area contributed by atoms with E-state index in [0.717, 1.165) is 51.0 Å². The summed E-state index contributed by atoms with van der Waals surface area (Å²) in [6.45, 7) is 7.64. The highest BCUT2D eigenvalue weighted by Crippen LogP contribution is 2.43. The molecule has 1 aromatic carbocycles. The van der Waals surface area contributed by atoms with Crippen LogP contribution in [-0.4, -0.2) is 63.6 Å². The molecular formula is C29H36FN5O4. The molecule has 5 rings (SSSR count). The lowest BCUT2D eigenvalue weighted by Gasteiger charge is -2.35. The van der Waals surface area contributed by atoms with E-state index < -0.39 is 35.5 Å². The molecule has 2 saturated heterocycles. The fourth-order valence-electron chi connectivity index (χ4n) is 6.01. The van der Waals surface area contributed by atoms with E-state index in [1.165, 1.54) is 6.07 Å². The fraction of sp³-hybridized carbons (Fsp3) is 0.586. The number of ether oxygens (including phenoxy) is 2. The van der Waals surface area contributed by atoms with Crippen LogP contribution in [0.2, 0.25) is 0 Å². The molecule has 39 heavy (non-hydrogen) atoms. The standard InChI is InChI=1S/C29H36FN5O4/c1-29(2,3)39-28(37)35-24-7-6-21(11-24)26(35)27(36)33-23(13-31)10-20-5-4-19(12-25(20)30)22-14-32-34(16-22)15-18-8-9-38-17-18/h4-5,12,14,16,18,21,23-24,26H,6-11,15,17H2,1-3H3,(H,33,36)/t18-,21+,23+,24-,26+/m1/s1. The summed E-state index contributed by atoms with van der Waals surface area (Å²) < 4.78 is 28.0.